The molecular formula is C32H27NO. The van der Waals surface area contributed by atoms with Crippen molar-refractivity contribution in [3.8, 4) is 28.7 Å². The summed E-state index contributed by atoms with van der Waals surface area (Å²) in [6.45, 7) is 6.26. The molecule has 0 radical (unpaired) electrons. The molecule has 0 saturated heterocycles. The quantitative estimate of drug-likeness (QED) is 0.224. The zero-order chi connectivity index (χ0) is 23.7. The maximum atomic E-state index is 10.6. The molecule has 0 aromatic heterocycles. The fourth-order valence-electron chi connectivity index (χ4n) is 4.41. The van der Waals surface area contributed by atoms with Crippen LogP contribution in [0.2, 0.25) is 0 Å². The first-order valence-corrected chi connectivity index (χ1v) is 11.6. The van der Waals surface area contributed by atoms with E-state index in [0.29, 0.717) is 5.75 Å². The molecule has 0 aliphatic heterocycles. The van der Waals surface area contributed by atoms with Crippen molar-refractivity contribution in [2.75, 3.05) is 0 Å². The summed E-state index contributed by atoms with van der Waals surface area (Å²) in [7, 11) is 0. The van der Waals surface area contributed by atoms with Crippen LogP contribution in [-0.2, 0) is 11.8 Å². The summed E-state index contributed by atoms with van der Waals surface area (Å²) >= 11 is 0. The molecule has 2 nitrogen and oxygen atoms in total. The average molecular weight is 442 g/mol. The van der Waals surface area contributed by atoms with E-state index in [0.717, 1.165) is 34.4 Å². The first-order chi connectivity index (χ1) is 16.4. The first kappa shape index (κ1) is 21.7. The van der Waals surface area contributed by atoms with Crippen LogP contribution in [0.3, 0.4) is 0 Å². The van der Waals surface area contributed by atoms with Gasteiger partial charge in [0.15, 0.2) is 0 Å². The van der Waals surface area contributed by atoms with Gasteiger partial charge in [0.25, 0.3) is 0 Å². The van der Waals surface area contributed by atoms with E-state index in [9.17, 15) is 5.11 Å². The molecule has 0 saturated carbocycles. The molecule has 1 aliphatic carbocycles. The number of aromatic hydroxyl groups is 1. The summed E-state index contributed by atoms with van der Waals surface area (Å²) in [5.74, 6) is 6.86. The van der Waals surface area contributed by atoms with Gasteiger partial charge in [0, 0.05) is 22.9 Å². The van der Waals surface area contributed by atoms with E-state index in [2.05, 4.69) is 80.1 Å². The van der Waals surface area contributed by atoms with Crippen molar-refractivity contribution in [2.24, 2.45) is 4.99 Å². The Morgan fingerprint density at radius 2 is 1.47 bits per heavy atom. The molecular weight excluding hydrogens is 414 g/mol. The van der Waals surface area contributed by atoms with Crippen molar-refractivity contribution >= 4 is 11.9 Å². The molecule has 1 N–H and O–H groups in total. The summed E-state index contributed by atoms with van der Waals surface area (Å²) in [4.78, 5) is 4.55. The van der Waals surface area contributed by atoms with Crippen LogP contribution in [0.5, 0.6) is 5.75 Å². The van der Waals surface area contributed by atoms with Gasteiger partial charge in [0.05, 0.1) is 5.69 Å². The molecule has 4 aromatic carbocycles. The lowest BCUT2D eigenvalue weighted by atomic mass is 9.85. The summed E-state index contributed by atoms with van der Waals surface area (Å²) in [5.41, 5.74) is 9.69. The first-order valence-electron chi connectivity index (χ1n) is 11.6. The third-order valence-corrected chi connectivity index (χ3v) is 6.24. The third-order valence-electron chi connectivity index (χ3n) is 6.24. The molecule has 0 spiro atoms. The van der Waals surface area contributed by atoms with Crippen molar-refractivity contribution in [2.45, 2.75) is 32.6 Å². The van der Waals surface area contributed by atoms with Gasteiger partial charge in [0.1, 0.15) is 5.75 Å². The predicted molar refractivity (Wildman–Crippen MR) is 141 cm³/mol. The van der Waals surface area contributed by atoms with Crippen LogP contribution in [0, 0.1) is 11.8 Å². The highest BCUT2D eigenvalue weighted by Gasteiger charge is 2.19. The fraction of sp³-hybridized carbons (Fsp3) is 0.156. The number of fused-ring (bicyclic) bond motifs is 3. The standard InChI is InChI=1S/C32H27NO/c1-32(2,3)30-10-6-8-25(31(30)34)21-33-27-16-13-22(14-17-27)11-12-23-15-18-29-26(19-23)20-24-7-4-5-9-28(24)29/h4-10,13-19,21,34H,20H2,1-3H3. The van der Waals surface area contributed by atoms with E-state index < -0.39 is 0 Å². The van der Waals surface area contributed by atoms with Crippen molar-refractivity contribution in [3.63, 3.8) is 0 Å². The number of aliphatic imine (C=N–C) groups is 1. The van der Waals surface area contributed by atoms with Crippen LogP contribution < -0.4 is 0 Å². The number of para-hydroxylation sites is 1. The molecule has 2 heteroatoms. The van der Waals surface area contributed by atoms with Crippen LogP contribution in [0.25, 0.3) is 11.1 Å². The van der Waals surface area contributed by atoms with Crippen molar-refractivity contribution in [1.29, 1.82) is 0 Å². The summed E-state index contributed by atoms with van der Waals surface area (Å²) < 4.78 is 0. The number of phenols is 1. The Kier molecular flexibility index (Phi) is 5.56. The molecule has 4 aromatic rings. The molecule has 1 aliphatic rings. The minimum Gasteiger partial charge on any atom is -0.507 e. The number of benzene rings is 4. The van der Waals surface area contributed by atoms with Gasteiger partial charge in [-0.25, -0.2) is 0 Å². The number of phenolic OH excluding ortho intramolecular Hbond substituents is 1. The molecule has 166 valence electrons. The fourth-order valence-corrected chi connectivity index (χ4v) is 4.41. The van der Waals surface area contributed by atoms with Crippen LogP contribution >= 0.6 is 0 Å². The maximum absolute atomic E-state index is 10.6. The summed E-state index contributed by atoms with van der Waals surface area (Å²) in [6.07, 6.45) is 2.69. The van der Waals surface area contributed by atoms with Crippen molar-refractivity contribution in [1.82, 2.24) is 0 Å². The van der Waals surface area contributed by atoms with E-state index in [-0.39, 0.29) is 5.41 Å². The van der Waals surface area contributed by atoms with Gasteiger partial charge in [-0.3, -0.25) is 4.99 Å². The molecule has 34 heavy (non-hydrogen) atoms. The third kappa shape index (κ3) is 4.38. The molecule has 0 fully saturated rings. The lowest BCUT2D eigenvalue weighted by Gasteiger charge is -2.21. The zero-order valence-electron chi connectivity index (χ0n) is 19.8. The van der Waals surface area contributed by atoms with Crippen LogP contribution in [0.15, 0.2) is 89.9 Å². The summed E-state index contributed by atoms with van der Waals surface area (Å²) in [5, 5.41) is 10.6. The Bertz CT molecular complexity index is 1460. The van der Waals surface area contributed by atoms with Gasteiger partial charge in [-0.1, -0.05) is 75.1 Å². The van der Waals surface area contributed by atoms with Gasteiger partial charge in [0.2, 0.25) is 0 Å². The van der Waals surface area contributed by atoms with Crippen LogP contribution in [-0.4, -0.2) is 11.3 Å². The minimum atomic E-state index is -0.128. The van der Waals surface area contributed by atoms with Crippen LogP contribution in [0.4, 0.5) is 5.69 Å². The van der Waals surface area contributed by atoms with Gasteiger partial charge in [-0.2, -0.15) is 0 Å². The number of hydrogen-bond donors (Lipinski definition) is 1. The van der Waals surface area contributed by atoms with Gasteiger partial charge < -0.3 is 5.11 Å². The molecule has 0 atom stereocenters. The van der Waals surface area contributed by atoms with Crippen molar-refractivity contribution < 1.29 is 5.11 Å². The molecule has 0 heterocycles. The van der Waals surface area contributed by atoms with E-state index >= 15 is 0 Å². The molecule has 0 unspecified atom stereocenters. The summed E-state index contributed by atoms with van der Waals surface area (Å²) in [6, 6.07) is 28.7. The lowest BCUT2D eigenvalue weighted by molar-refractivity contribution is 0.446. The number of rotatable bonds is 2. The second kappa shape index (κ2) is 8.69. The Hall–Kier alpha value is -4.09. The molecule has 5 rings (SSSR count). The number of nitrogens with zero attached hydrogens (tertiary/aromatic N) is 1. The van der Waals surface area contributed by atoms with E-state index in [1.54, 1.807) is 6.21 Å². The van der Waals surface area contributed by atoms with E-state index in [1.165, 1.54) is 22.3 Å². The zero-order valence-corrected chi connectivity index (χ0v) is 19.8. The Balaban J connectivity index is 1.31. The Morgan fingerprint density at radius 3 is 2.26 bits per heavy atom. The predicted octanol–water partition coefficient (Wildman–Crippen LogP) is 7.41. The normalized spacial score (nSPS) is 12.2. The van der Waals surface area contributed by atoms with Gasteiger partial charge in [-0.15, -0.1) is 0 Å². The highest BCUT2D eigenvalue weighted by molar-refractivity contribution is 5.86. The highest BCUT2D eigenvalue weighted by Crippen LogP contribution is 2.36. The highest BCUT2D eigenvalue weighted by atomic mass is 16.3. The van der Waals surface area contributed by atoms with E-state index in [1.807, 2.05) is 42.5 Å². The second-order valence-corrected chi connectivity index (χ2v) is 9.75. The van der Waals surface area contributed by atoms with Gasteiger partial charge in [-0.05, 0) is 82.1 Å². The lowest BCUT2D eigenvalue weighted by Crippen LogP contribution is -2.11. The molecule has 0 amide bonds. The largest absolute Gasteiger partial charge is 0.507 e. The average Bonchev–Trinajstić information content (AvgIpc) is 3.20. The monoisotopic (exact) mass is 441 g/mol. The van der Waals surface area contributed by atoms with Crippen molar-refractivity contribution in [3.05, 3.63) is 118 Å². The maximum Gasteiger partial charge on any atom is 0.128 e. The smallest absolute Gasteiger partial charge is 0.128 e. The second-order valence-electron chi connectivity index (χ2n) is 9.75. The Labute approximate surface area is 201 Å². The van der Waals surface area contributed by atoms with Gasteiger partial charge >= 0.3 is 0 Å². The topological polar surface area (TPSA) is 32.6 Å². The Morgan fingerprint density at radius 1 is 0.765 bits per heavy atom. The van der Waals surface area contributed by atoms with E-state index in [4.69, 9.17) is 0 Å². The SMILES string of the molecule is CC(C)(C)c1cccc(C=Nc2ccc(C#Cc3ccc4c(c3)Cc3ccccc3-4)cc2)c1O. The minimum absolute atomic E-state index is 0.128. The van der Waals surface area contributed by atoms with Crippen LogP contribution in [0.1, 0.15) is 54.2 Å². The number of hydrogen-bond acceptors (Lipinski definition) is 2. The molecule has 0 bridgehead atoms.